The van der Waals surface area contributed by atoms with Crippen LogP contribution in [-0.2, 0) is 11.2 Å². The van der Waals surface area contributed by atoms with Crippen LogP contribution in [0, 0.1) is 0 Å². The Hall–Kier alpha value is -2.33. The lowest BCUT2D eigenvalue weighted by molar-refractivity contribution is -0.116. The van der Waals surface area contributed by atoms with Crippen LogP contribution in [0.4, 0.5) is 5.82 Å². The molecule has 0 saturated heterocycles. The Bertz CT molecular complexity index is 768. The Morgan fingerprint density at radius 2 is 2.00 bits per heavy atom. The normalized spacial score (nSPS) is 10.7. The van der Waals surface area contributed by atoms with Gasteiger partial charge in [-0.05, 0) is 30.2 Å². The largest absolute Gasteiger partial charge is 0.309 e. The van der Waals surface area contributed by atoms with E-state index < -0.39 is 0 Å². The van der Waals surface area contributed by atoms with Crippen molar-refractivity contribution in [2.45, 2.75) is 12.8 Å². The summed E-state index contributed by atoms with van der Waals surface area (Å²) in [6.07, 6.45) is 1.13. The summed E-state index contributed by atoms with van der Waals surface area (Å²) < 4.78 is 0. The number of carbonyl (C=O) groups is 1. The van der Waals surface area contributed by atoms with Crippen molar-refractivity contribution in [1.29, 1.82) is 0 Å². The first-order valence-corrected chi connectivity index (χ1v) is 7.07. The van der Waals surface area contributed by atoms with Crippen molar-refractivity contribution < 1.29 is 4.79 Å². The van der Waals surface area contributed by atoms with Gasteiger partial charge < -0.3 is 5.32 Å². The number of anilines is 1. The van der Waals surface area contributed by atoms with Gasteiger partial charge >= 0.3 is 0 Å². The van der Waals surface area contributed by atoms with Crippen molar-refractivity contribution in [2.24, 2.45) is 0 Å². The Labute approximate surface area is 127 Å². The molecule has 0 atom stereocenters. The molecule has 0 saturated carbocycles. The number of nitrogens with one attached hydrogen (secondary N) is 2. The molecule has 5 heteroatoms. The van der Waals surface area contributed by atoms with E-state index in [2.05, 4.69) is 15.5 Å². The molecule has 0 aliphatic heterocycles. The maximum Gasteiger partial charge on any atom is 0.225 e. The summed E-state index contributed by atoms with van der Waals surface area (Å²) in [5, 5.41) is 11.3. The molecule has 1 aromatic heterocycles. The van der Waals surface area contributed by atoms with Crippen LogP contribution in [0.5, 0.6) is 0 Å². The van der Waals surface area contributed by atoms with Crippen molar-refractivity contribution in [1.82, 2.24) is 10.2 Å². The number of nitrogens with zero attached hydrogens (tertiary/aromatic N) is 1. The van der Waals surface area contributed by atoms with Gasteiger partial charge in [-0.3, -0.25) is 9.89 Å². The van der Waals surface area contributed by atoms with E-state index in [-0.39, 0.29) is 5.91 Å². The lowest BCUT2D eigenvalue weighted by Crippen LogP contribution is -2.12. The van der Waals surface area contributed by atoms with E-state index in [0.29, 0.717) is 23.7 Å². The maximum atomic E-state index is 12.0. The summed E-state index contributed by atoms with van der Waals surface area (Å²) in [5.41, 5.74) is 1.95. The molecule has 0 radical (unpaired) electrons. The molecule has 21 heavy (non-hydrogen) atoms. The molecular formula is C16H14ClN3O. The molecule has 3 rings (SSSR count). The van der Waals surface area contributed by atoms with Crippen LogP contribution < -0.4 is 5.32 Å². The summed E-state index contributed by atoms with van der Waals surface area (Å²) in [7, 11) is 0. The zero-order valence-corrected chi connectivity index (χ0v) is 12.0. The summed E-state index contributed by atoms with van der Waals surface area (Å²) in [6, 6.07) is 15.3. The van der Waals surface area contributed by atoms with Crippen molar-refractivity contribution in [2.75, 3.05) is 5.32 Å². The van der Waals surface area contributed by atoms with Crippen LogP contribution in [0.25, 0.3) is 10.9 Å². The Balaban J connectivity index is 1.66. The van der Waals surface area contributed by atoms with Gasteiger partial charge in [0.1, 0.15) is 0 Å². The Kier molecular flexibility index (Phi) is 3.88. The van der Waals surface area contributed by atoms with Crippen LogP contribution in [0.1, 0.15) is 12.0 Å². The number of aryl methyl sites for hydroxylation is 1. The van der Waals surface area contributed by atoms with Crippen molar-refractivity contribution in [3.63, 3.8) is 0 Å². The minimum Gasteiger partial charge on any atom is -0.309 e. The number of benzene rings is 2. The molecule has 2 aromatic carbocycles. The summed E-state index contributed by atoms with van der Waals surface area (Å²) in [5.74, 6) is 0.488. The van der Waals surface area contributed by atoms with Gasteiger partial charge in [0.05, 0.1) is 5.52 Å². The highest BCUT2D eigenvalue weighted by atomic mass is 35.5. The van der Waals surface area contributed by atoms with Gasteiger partial charge in [0, 0.05) is 16.8 Å². The average molecular weight is 300 g/mol. The fraction of sp³-hybridized carbons (Fsp3) is 0.125. The zero-order valence-electron chi connectivity index (χ0n) is 11.3. The summed E-state index contributed by atoms with van der Waals surface area (Å²) in [4.78, 5) is 12.0. The number of hydrogen-bond acceptors (Lipinski definition) is 2. The summed E-state index contributed by atoms with van der Waals surface area (Å²) >= 11 is 5.92. The van der Waals surface area contributed by atoms with E-state index in [1.54, 1.807) is 12.1 Å². The highest BCUT2D eigenvalue weighted by Gasteiger charge is 2.09. The molecule has 1 heterocycles. The van der Waals surface area contributed by atoms with E-state index in [0.717, 1.165) is 16.5 Å². The fourth-order valence-corrected chi connectivity index (χ4v) is 2.36. The van der Waals surface area contributed by atoms with Gasteiger partial charge in [0.15, 0.2) is 5.82 Å². The van der Waals surface area contributed by atoms with Gasteiger partial charge in [0.25, 0.3) is 0 Å². The SMILES string of the molecule is O=C(CCc1ccccc1)Nc1n[nH]c2cc(Cl)ccc12. The molecule has 0 unspecified atom stereocenters. The number of aromatic nitrogens is 2. The number of rotatable bonds is 4. The van der Waals surface area contributed by atoms with Crippen LogP contribution >= 0.6 is 11.6 Å². The monoisotopic (exact) mass is 299 g/mol. The molecule has 3 aromatic rings. The minimum atomic E-state index is -0.0535. The smallest absolute Gasteiger partial charge is 0.225 e. The molecule has 0 aliphatic rings. The van der Waals surface area contributed by atoms with Gasteiger partial charge in [-0.1, -0.05) is 41.9 Å². The number of carbonyl (C=O) groups excluding carboxylic acids is 1. The quantitative estimate of drug-likeness (QED) is 0.770. The Morgan fingerprint density at radius 3 is 2.81 bits per heavy atom. The predicted octanol–water partition coefficient (Wildman–Crippen LogP) is 3.79. The Morgan fingerprint density at radius 1 is 1.19 bits per heavy atom. The van der Waals surface area contributed by atoms with Crippen LogP contribution in [0.3, 0.4) is 0 Å². The molecule has 106 valence electrons. The first kappa shape index (κ1) is 13.6. The number of halogens is 1. The first-order valence-electron chi connectivity index (χ1n) is 6.70. The molecule has 4 nitrogen and oxygen atoms in total. The fourth-order valence-electron chi connectivity index (χ4n) is 2.18. The predicted molar refractivity (Wildman–Crippen MR) is 84.5 cm³/mol. The van der Waals surface area contributed by atoms with Crippen LogP contribution in [-0.4, -0.2) is 16.1 Å². The molecular weight excluding hydrogens is 286 g/mol. The van der Waals surface area contributed by atoms with Gasteiger partial charge in [-0.2, -0.15) is 5.10 Å². The molecule has 0 aliphatic carbocycles. The second-order valence-corrected chi connectivity index (χ2v) is 5.23. The lowest BCUT2D eigenvalue weighted by Gasteiger charge is -2.03. The minimum absolute atomic E-state index is 0.0535. The second kappa shape index (κ2) is 5.97. The molecule has 1 amide bonds. The van der Waals surface area contributed by atoms with E-state index in [4.69, 9.17) is 11.6 Å². The molecule has 2 N–H and O–H groups in total. The average Bonchev–Trinajstić information content (AvgIpc) is 2.88. The molecule has 0 bridgehead atoms. The number of H-pyrrole nitrogens is 1. The third-order valence-corrected chi connectivity index (χ3v) is 3.50. The highest BCUT2D eigenvalue weighted by Crippen LogP contribution is 2.23. The van der Waals surface area contributed by atoms with Gasteiger partial charge in [-0.25, -0.2) is 0 Å². The number of hydrogen-bond donors (Lipinski definition) is 2. The zero-order chi connectivity index (χ0) is 14.7. The van der Waals surface area contributed by atoms with E-state index in [1.165, 1.54) is 0 Å². The number of amides is 1. The molecule has 0 spiro atoms. The second-order valence-electron chi connectivity index (χ2n) is 4.80. The van der Waals surface area contributed by atoms with Crippen LogP contribution in [0.15, 0.2) is 48.5 Å². The third-order valence-electron chi connectivity index (χ3n) is 3.27. The van der Waals surface area contributed by atoms with E-state index in [1.807, 2.05) is 36.4 Å². The topological polar surface area (TPSA) is 57.8 Å². The van der Waals surface area contributed by atoms with E-state index >= 15 is 0 Å². The third kappa shape index (κ3) is 3.23. The highest BCUT2D eigenvalue weighted by molar-refractivity contribution is 6.31. The van der Waals surface area contributed by atoms with Crippen molar-refractivity contribution in [3.05, 3.63) is 59.1 Å². The van der Waals surface area contributed by atoms with Crippen LogP contribution in [0.2, 0.25) is 5.02 Å². The number of aromatic amines is 1. The van der Waals surface area contributed by atoms with Gasteiger partial charge in [-0.15, -0.1) is 0 Å². The van der Waals surface area contributed by atoms with Crippen molar-refractivity contribution in [3.8, 4) is 0 Å². The summed E-state index contributed by atoms with van der Waals surface area (Å²) in [6.45, 7) is 0. The lowest BCUT2D eigenvalue weighted by atomic mass is 10.1. The standard InChI is InChI=1S/C16H14ClN3O/c17-12-7-8-13-14(10-12)19-20-16(13)18-15(21)9-6-11-4-2-1-3-5-11/h1-5,7-8,10H,6,9H2,(H2,18,19,20,21). The first-order chi connectivity index (χ1) is 10.2. The van der Waals surface area contributed by atoms with E-state index in [9.17, 15) is 4.79 Å². The molecule has 0 fully saturated rings. The van der Waals surface area contributed by atoms with Gasteiger partial charge in [0.2, 0.25) is 5.91 Å². The maximum absolute atomic E-state index is 12.0. The van der Waals surface area contributed by atoms with Crippen molar-refractivity contribution >= 4 is 34.2 Å². The number of fused-ring (bicyclic) bond motifs is 1.